The predicted molar refractivity (Wildman–Crippen MR) is 124 cm³/mol. The number of nitrogens with zero attached hydrogens (tertiary/aromatic N) is 7. The van der Waals surface area contributed by atoms with E-state index in [0.29, 0.717) is 22.4 Å². The van der Waals surface area contributed by atoms with Gasteiger partial charge in [-0.25, -0.2) is 14.4 Å². The Labute approximate surface area is 210 Å². The minimum absolute atomic E-state index is 0.0132. The highest BCUT2D eigenvalue weighted by atomic mass is 35.5. The number of hydrogen-bond donors (Lipinski definition) is 0. The molecule has 3 aliphatic rings. The Hall–Kier alpha value is -2.79. The van der Waals surface area contributed by atoms with Crippen molar-refractivity contribution in [2.45, 2.75) is 57.4 Å². The van der Waals surface area contributed by atoms with Crippen molar-refractivity contribution in [1.29, 1.82) is 0 Å². The van der Waals surface area contributed by atoms with Crippen molar-refractivity contribution < 1.29 is 17.6 Å². The molecule has 0 unspecified atom stereocenters. The van der Waals surface area contributed by atoms with E-state index < -0.39 is 17.5 Å². The van der Waals surface area contributed by atoms with Crippen LogP contribution in [0.4, 0.5) is 23.5 Å². The highest BCUT2D eigenvalue weighted by Gasteiger charge is 2.55. The van der Waals surface area contributed by atoms with E-state index in [2.05, 4.69) is 20.2 Å². The summed E-state index contributed by atoms with van der Waals surface area (Å²) < 4.78 is 56.9. The van der Waals surface area contributed by atoms with Crippen LogP contribution in [0.2, 0.25) is 5.02 Å². The van der Waals surface area contributed by atoms with Crippen molar-refractivity contribution in [3.8, 4) is 5.69 Å². The van der Waals surface area contributed by atoms with Gasteiger partial charge >= 0.3 is 6.18 Å². The first-order chi connectivity index (χ1) is 17.0. The van der Waals surface area contributed by atoms with Crippen molar-refractivity contribution in [2.24, 2.45) is 5.41 Å². The van der Waals surface area contributed by atoms with E-state index in [-0.39, 0.29) is 24.4 Å². The summed E-state index contributed by atoms with van der Waals surface area (Å²) in [6, 6.07) is 5.31. The first-order valence-corrected chi connectivity index (χ1v) is 12.1. The summed E-state index contributed by atoms with van der Waals surface area (Å²) in [5.74, 6) is 1.43. The molecule has 1 saturated carbocycles. The maximum Gasteiger partial charge on any atom is 0.406 e. The SMILES string of the molecule is CC(C)(N1Cc2cc(Cl)ccc2-n2c(nnc2C2CC3(C2)CN(c2ncc(F)cn2)C3)C1)C(F)(F)F. The van der Waals surface area contributed by atoms with E-state index >= 15 is 0 Å². The molecule has 1 saturated heterocycles. The van der Waals surface area contributed by atoms with Crippen LogP contribution < -0.4 is 4.90 Å². The number of hydrogen-bond acceptors (Lipinski definition) is 6. The highest BCUT2D eigenvalue weighted by molar-refractivity contribution is 6.30. The molecule has 3 aromatic rings. The number of alkyl halides is 3. The first-order valence-electron chi connectivity index (χ1n) is 11.7. The summed E-state index contributed by atoms with van der Waals surface area (Å²) in [5, 5.41) is 9.29. The predicted octanol–water partition coefficient (Wildman–Crippen LogP) is 4.89. The first kappa shape index (κ1) is 23.6. The van der Waals surface area contributed by atoms with Gasteiger partial charge in [-0.15, -0.1) is 10.2 Å². The largest absolute Gasteiger partial charge is 0.406 e. The Bertz CT molecular complexity index is 1310. The smallest absolute Gasteiger partial charge is 0.340 e. The van der Waals surface area contributed by atoms with E-state index in [1.165, 1.54) is 18.7 Å². The molecule has 2 aliphatic heterocycles. The second-order valence-corrected chi connectivity index (χ2v) is 11.1. The summed E-state index contributed by atoms with van der Waals surface area (Å²) in [6.45, 7) is 4.03. The summed E-state index contributed by atoms with van der Waals surface area (Å²) in [7, 11) is 0. The normalized spacial score (nSPS) is 19.9. The van der Waals surface area contributed by atoms with Gasteiger partial charge in [0, 0.05) is 36.0 Å². The Kier molecular flexibility index (Phi) is 5.15. The van der Waals surface area contributed by atoms with E-state index in [1.807, 2.05) is 15.5 Å². The molecule has 0 amide bonds. The van der Waals surface area contributed by atoms with Gasteiger partial charge < -0.3 is 4.90 Å². The van der Waals surface area contributed by atoms with Crippen LogP contribution in [0, 0.1) is 11.2 Å². The zero-order chi connectivity index (χ0) is 25.5. The molecule has 6 rings (SSSR count). The lowest BCUT2D eigenvalue weighted by molar-refractivity contribution is -0.224. The molecule has 1 aliphatic carbocycles. The summed E-state index contributed by atoms with van der Waals surface area (Å²) >= 11 is 6.24. The Morgan fingerprint density at radius 1 is 1.03 bits per heavy atom. The number of aromatic nitrogens is 5. The third-order valence-electron chi connectivity index (χ3n) is 7.88. The topological polar surface area (TPSA) is 63.0 Å². The molecule has 12 heteroatoms. The van der Waals surface area contributed by atoms with Gasteiger partial charge in [-0.1, -0.05) is 11.6 Å². The van der Waals surface area contributed by atoms with Gasteiger partial charge in [-0.3, -0.25) is 9.47 Å². The van der Waals surface area contributed by atoms with Gasteiger partial charge in [-0.05, 0) is 50.5 Å². The Morgan fingerprint density at radius 2 is 1.72 bits per heavy atom. The number of benzene rings is 1. The minimum atomic E-state index is -4.42. The molecule has 36 heavy (non-hydrogen) atoms. The fourth-order valence-electron chi connectivity index (χ4n) is 5.67. The average Bonchev–Trinajstić information content (AvgIpc) is 3.07. The van der Waals surface area contributed by atoms with E-state index in [0.717, 1.165) is 49.8 Å². The molecule has 190 valence electrons. The van der Waals surface area contributed by atoms with Crippen LogP contribution in [0.5, 0.6) is 0 Å². The van der Waals surface area contributed by atoms with Gasteiger partial charge in [0.1, 0.15) is 11.4 Å². The summed E-state index contributed by atoms with van der Waals surface area (Å²) in [4.78, 5) is 11.5. The van der Waals surface area contributed by atoms with E-state index in [1.54, 1.807) is 12.1 Å². The van der Waals surface area contributed by atoms with Gasteiger partial charge in [0.05, 0.1) is 24.6 Å². The van der Waals surface area contributed by atoms with Crippen molar-refractivity contribution in [2.75, 3.05) is 18.0 Å². The van der Waals surface area contributed by atoms with Crippen LogP contribution in [0.1, 0.15) is 49.8 Å². The standard InChI is InChI=1S/C24H24ClF4N7/c1-22(2,24(27,28)29)35-10-14-5-16(25)3-4-18(14)36-19(11-35)32-33-20(36)15-6-23(7-15)12-34(13-23)21-30-8-17(26)9-31-21/h3-5,8-9,15H,6-7,10-13H2,1-2H3. The van der Waals surface area contributed by atoms with Crippen molar-refractivity contribution in [1.82, 2.24) is 29.6 Å². The van der Waals surface area contributed by atoms with Gasteiger partial charge in [0.2, 0.25) is 5.95 Å². The van der Waals surface area contributed by atoms with Crippen LogP contribution in [0.25, 0.3) is 5.69 Å². The molecule has 1 spiro atoms. The quantitative estimate of drug-likeness (QED) is 0.457. The van der Waals surface area contributed by atoms with Crippen LogP contribution in [-0.4, -0.2) is 54.4 Å². The molecule has 7 nitrogen and oxygen atoms in total. The average molecular weight is 522 g/mol. The fourth-order valence-corrected chi connectivity index (χ4v) is 5.86. The summed E-state index contributed by atoms with van der Waals surface area (Å²) in [6.07, 6.45) is -0.341. The number of anilines is 1. The number of halogens is 5. The lowest BCUT2D eigenvalue weighted by atomic mass is 9.57. The van der Waals surface area contributed by atoms with Gasteiger partial charge in [0.15, 0.2) is 11.6 Å². The van der Waals surface area contributed by atoms with Crippen molar-refractivity contribution >= 4 is 17.5 Å². The molecule has 0 atom stereocenters. The second-order valence-electron chi connectivity index (χ2n) is 10.7. The lowest BCUT2D eigenvalue weighted by Gasteiger charge is -2.58. The minimum Gasteiger partial charge on any atom is -0.340 e. The van der Waals surface area contributed by atoms with Gasteiger partial charge in [0.25, 0.3) is 0 Å². The third kappa shape index (κ3) is 3.66. The lowest BCUT2D eigenvalue weighted by Crippen LogP contribution is -2.62. The van der Waals surface area contributed by atoms with E-state index in [9.17, 15) is 17.6 Å². The van der Waals surface area contributed by atoms with E-state index in [4.69, 9.17) is 11.6 Å². The van der Waals surface area contributed by atoms with Crippen LogP contribution in [0.15, 0.2) is 30.6 Å². The molecular formula is C24H24ClF4N7. The maximum absolute atomic E-state index is 13.9. The molecular weight excluding hydrogens is 498 g/mol. The van der Waals surface area contributed by atoms with Crippen LogP contribution in [0.3, 0.4) is 0 Å². The molecule has 0 radical (unpaired) electrons. The highest BCUT2D eigenvalue weighted by Crippen LogP contribution is 2.56. The molecule has 4 heterocycles. The molecule has 2 fully saturated rings. The van der Waals surface area contributed by atoms with Crippen LogP contribution >= 0.6 is 11.6 Å². The third-order valence-corrected chi connectivity index (χ3v) is 8.12. The Morgan fingerprint density at radius 3 is 2.39 bits per heavy atom. The van der Waals surface area contributed by atoms with Crippen LogP contribution in [-0.2, 0) is 13.1 Å². The fraction of sp³-hybridized carbons (Fsp3) is 0.500. The monoisotopic (exact) mass is 521 g/mol. The molecule has 0 N–H and O–H groups in total. The second kappa shape index (κ2) is 7.85. The van der Waals surface area contributed by atoms with Crippen molar-refractivity contribution in [3.63, 3.8) is 0 Å². The summed E-state index contributed by atoms with van der Waals surface area (Å²) in [5.41, 5.74) is -0.485. The Balaban J connectivity index is 1.27. The van der Waals surface area contributed by atoms with Crippen molar-refractivity contribution in [3.05, 3.63) is 58.6 Å². The van der Waals surface area contributed by atoms with Gasteiger partial charge in [-0.2, -0.15) is 13.2 Å². The zero-order valence-electron chi connectivity index (χ0n) is 19.7. The number of fused-ring (bicyclic) bond motifs is 3. The maximum atomic E-state index is 13.9. The number of rotatable bonds is 3. The molecule has 0 bridgehead atoms. The molecule has 1 aromatic carbocycles. The zero-order valence-corrected chi connectivity index (χ0v) is 20.5. The molecule has 2 aromatic heterocycles.